The van der Waals surface area contributed by atoms with Crippen LogP contribution in [0.25, 0.3) is 22.3 Å². The summed E-state index contributed by atoms with van der Waals surface area (Å²) in [5.41, 5.74) is 0.0590. The average molecular weight is 356 g/mol. The van der Waals surface area contributed by atoms with Crippen LogP contribution < -0.4 is 5.43 Å². The van der Waals surface area contributed by atoms with Gasteiger partial charge in [0.25, 0.3) is 0 Å². The zero-order valence-electron chi connectivity index (χ0n) is 14.5. The highest BCUT2D eigenvalue weighted by atomic mass is 16.3. The van der Waals surface area contributed by atoms with Crippen LogP contribution in [-0.4, -0.2) is 20.4 Å². The Morgan fingerprint density at radius 2 is 1.73 bits per heavy atom. The SMILES string of the molecule is CC(C)CCc1c(O)cc2oc(-c3ccc(O)cc3O)cc(=O)c2c1O. The quantitative estimate of drug-likeness (QED) is 0.565. The second-order valence-electron chi connectivity index (χ2n) is 6.70. The highest BCUT2D eigenvalue weighted by Gasteiger charge is 2.19. The first-order valence-corrected chi connectivity index (χ1v) is 8.32. The van der Waals surface area contributed by atoms with Gasteiger partial charge >= 0.3 is 0 Å². The minimum atomic E-state index is -0.489. The van der Waals surface area contributed by atoms with E-state index in [4.69, 9.17) is 4.42 Å². The lowest BCUT2D eigenvalue weighted by molar-refractivity contribution is 0.434. The van der Waals surface area contributed by atoms with Crippen molar-refractivity contribution in [3.8, 4) is 34.3 Å². The molecule has 3 rings (SSSR count). The molecule has 1 heterocycles. The number of rotatable bonds is 4. The van der Waals surface area contributed by atoms with Crippen molar-refractivity contribution in [2.45, 2.75) is 26.7 Å². The summed E-state index contributed by atoms with van der Waals surface area (Å²) in [4.78, 5) is 12.5. The van der Waals surface area contributed by atoms with Gasteiger partial charge in [0, 0.05) is 23.8 Å². The number of phenols is 4. The van der Waals surface area contributed by atoms with Gasteiger partial charge in [0.05, 0.1) is 5.56 Å². The maximum Gasteiger partial charge on any atom is 0.197 e. The van der Waals surface area contributed by atoms with Crippen molar-refractivity contribution in [3.63, 3.8) is 0 Å². The summed E-state index contributed by atoms with van der Waals surface area (Å²) in [7, 11) is 0. The molecule has 0 aliphatic heterocycles. The molecule has 4 N–H and O–H groups in total. The largest absolute Gasteiger partial charge is 0.508 e. The molecule has 0 aliphatic rings. The summed E-state index contributed by atoms with van der Waals surface area (Å²) < 4.78 is 5.63. The number of hydrogen-bond donors (Lipinski definition) is 4. The normalized spacial score (nSPS) is 11.3. The summed E-state index contributed by atoms with van der Waals surface area (Å²) in [6.45, 7) is 4.06. The van der Waals surface area contributed by atoms with Gasteiger partial charge in [-0.2, -0.15) is 0 Å². The predicted molar refractivity (Wildman–Crippen MR) is 97.7 cm³/mol. The molecule has 0 saturated carbocycles. The van der Waals surface area contributed by atoms with Gasteiger partial charge in [0.15, 0.2) is 5.43 Å². The summed E-state index contributed by atoms with van der Waals surface area (Å²) >= 11 is 0. The summed E-state index contributed by atoms with van der Waals surface area (Å²) in [6.07, 6.45) is 1.18. The first-order valence-electron chi connectivity index (χ1n) is 8.32. The van der Waals surface area contributed by atoms with Crippen molar-refractivity contribution >= 4 is 11.0 Å². The second-order valence-corrected chi connectivity index (χ2v) is 6.70. The Balaban J connectivity index is 2.18. The fourth-order valence-corrected chi connectivity index (χ4v) is 2.87. The minimum absolute atomic E-state index is 0.0106. The van der Waals surface area contributed by atoms with Crippen molar-refractivity contribution < 1.29 is 24.8 Å². The zero-order valence-corrected chi connectivity index (χ0v) is 14.5. The maximum atomic E-state index is 12.5. The van der Waals surface area contributed by atoms with Crippen LogP contribution in [0.3, 0.4) is 0 Å². The molecule has 0 unspecified atom stereocenters. The topological polar surface area (TPSA) is 111 Å². The summed E-state index contributed by atoms with van der Waals surface area (Å²) in [5.74, 6) is -0.370. The fraction of sp³-hybridized carbons (Fsp3) is 0.250. The van der Waals surface area contributed by atoms with Gasteiger partial charge in [0.2, 0.25) is 0 Å². The van der Waals surface area contributed by atoms with E-state index in [1.54, 1.807) is 0 Å². The Labute approximate surface area is 149 Å². The zero-order chi connectivity index (χ0) is 19.0. The van der Waals surface area contributed by atoms with Gasteiger partial charge in [-0.05, 0) is 30.9 Å². The Morgan fingerprint density at radius 3 is 2.38 bits per heavy atom. The van der Waals surface area contributed by atoms with Gasteiger partial charge in [0.1, 0.15) is 39.7 Å². The van der Waals surface area contributed by atoms with Gasteiger partial charge in [-0.25, -0.2) is 0 Å². The number of fused-ring (bicyclic) bond motifs is 1. The molecule has 0 aliphatic carbocycles. The van der Waals surface area contributed by atoms with Gasteiger partial charge in [-0.15, -0.1) is 0 Å². The Hall–Kier alpha value is -3.15. The van der Waals surface area contributed by atoms with E-state index in [-0.39, 0.29) is 45.3 Å². The lowest BCUT2D eigenvalue weighted by atomic mass is 9.99. The molecule has 26 heavy (non-hydrogen) atoms. The smallest absolute Gasteiger partial charge is 0.197 e. The molecule has 1 aromatic heterocycles. The van der Waals surface area contributed by atoms with E-state index in [0.717, 1.165) is 18.6 Å². The molecule has 0 amide bonds. The molecule has 0 spiro atoms. The van der Waals surface area contributed by atoms with Crippen LogP contribution in [0.4, 0.5) is 0 Å². The highest BCUT2D eigenvalue weighted by Crippen LogP contribution is 2.38. The molecule has 2 aromatic carbocycles. The number of phenolic OH excluding ortho intramolecular Hbond substituents is 4. The van der Waals surface area contributed by atoms with E-state index in [0.29, 0.717) is 17.9 Å². The van der Waals surface area contributed by atoms with E-state index >= 15 is 0 Å². The van der Waals surface area contributed by atoms with Crippen LogP contribution in [-0.2, 0) is 6.42 Å². The molecule has 0 fully saturated rings. The van der Waals surface area contributed by atoms with Crippen LogP contribution in [0.1, 0.15) is 25.8 Å². The van der Waals surface area contributed by atoms with E-state index in [1.165, 1.54) is 18.2 Å². The van der Waals surface area contributed by atoms with Gasteiger partial charge in [-0.1, -0.05) is 13.8 Å². The van der Waals surface area contributed by atoms with Crippen LogP contribution >= 0.6 is 0 Å². The Bertz CT molecular complexity index is 1030. The first kappa shape index (κ1) is 17.7. The van der Waals surface area contributed by atoms with E-state index < -0.39 is 5.43 Å². The third-order valence-electron chi connectivity index (χ3n) is 4.29. The molecule has 6 heteroatoms. The van der Waals surface area contributed by atoms with E-state index in [2.05, 4.69) is 0 Å². The molecule has 136 valence electrons. The third kappa shape index (κ3) is 3.18. The van der Waals surface area contributed by atoms with Crippen LogP contribution in [0, 0.1) is 5.92 Å². The predicted octanol–water partition coefficient (Wildman–Crippen LogP) is 3.87. The maximum absolute atomic E-state index is 12.5. The summed E-state index contributed by atoms with van der Waals surface area (Å²) in [5, 5.41) is 40.1. The number of hydrogen-bond acceptors (Lipinski definition) is 6. The first-order chi connectivity index (χ1) is 12.3. The number of aromatic hydroxyl groups is 4. The lowest BCUT2D eigenvalue weighted by Gasteiger charge is -2.12. The fourth-order valence-electron chi connectivity index (χ4n) is 2.87. The number of benzene rings is 2. The third-order valence-corrected chi connectivity index (χ3v) is 4.29. The van der Waals surface area contributed by atoms with Gasteiger partial charge < -0.3 is 24.8 Å². The van der Waals surface area contributed by atoms with Crippen LogP contribution in [0.15, 0.2) is 39.5 Å². The molecule has 0 saturated heterocycles. The van der Waals surface area contributed by atoms with Gasteiger partial charge in [-0.3, -0.25) is 4.79 Å². The van der Waals surface area contributed by atoms with E-state index in [1.807, 2.05) is 13.8 Å². The lowest BCUT2D eigenvalue weighted by Crippen LogP contribution is -2.03. The molecule has 0 atom stereocenters. The monoisotopic (exact) mass is 356 g/mol. The van der Waals surface area contributed by atoms with Crippen molar-refractivity contribution in [1.29, 1.82) is 0 Å². The molecule has 3 aromatic rings. The molecule has 6 nitrogen and oxygen atoms in total. The van der Waals surface area contributed by atoms with Crippen molar-refractivity contribution in [1.82, 2.24) is 0 Å². The molecule has 0 bridgehead atoms. The summed E-state index contributed by atoms with van der Waals surface area (Å²) in [6, 6.07) is 6.35. The highest BCUT2D eigenvalue weighted by molar-refractivity contribution is 5.88. The second kappa shape index (κ2) is 6.63. The molecular formula is C20H20O6. The van der Waals surface area contributed by atoms with Crippen molar-refractivity contribution in [2.24, 2.45) is 5.92 Å². The molecule has 0 radical (unpaired) electrons. The average Bonchev–Trinajstić information content (AvgIpc) is 2.53. The standard InChI is InChI=1S/C20H20O6/c1-10(2)3-5-13-15(23)8-18-19(20(13)25)16(24)9-17(26-18)12-6-4-11(21)7-14(12)22/h4,6-10,21-23,25H,3,5H2,1-2H3. The Morgan fingerprint density at radius 1 is 1.00 bits per heavy atom. The van der Waals surface area contributed by atoms with Crippen LogP contribution in [0.2, 0.25) is 0 Å². The Kier molecular flexibility index (Phi) is 4.50. The van der Waals surface area contributed by atoms with E-state index in [9.17, 15) is 25.2 Å². The molecular weight excluding hydrogens is 336 g/mol. The van der Waals surface area contributed by atoms with Crippen molar-refractivity contribution in [2.75, 3.05) is 0 Å². The van der Waals surface area contributed by atoms with Crippen LogP contribution in [0.5, 0.6) is 23.0 Å². The van der Waals surface area contributed by atoms with Crippen molar-refractivity contribution in [3.05, 3.63) is 46.1 Å². The minimum Gasteiger partial charge on any atom is -0.508 e.